The Morgan fingerprint density at radius 1 is 1.05 bits per heavy atom. The van der Waals surface area contributed by atoms with Crippen LogP contribution < -0.4 is 5.32 Å². The number of aromatic nitrogens is 1. The van der Waals surface area contributed by atoms with Crippen LogP contribution in [0, 0.1) is 20.8 Å². The third-order valence-electron chi connectivity index (χ3n) is 3.60. The van der Waals surface area contributed by atoms with Gasteiger partial charge in [0.15, 0.2) is 0 Å². The molecule has 2 heteroatoms. The molecule has 1 unspecified atom stereocenters. The molecular weight excluding hydrogens is 232 g/mol. The van der Waals surface area contributed by atoms with Crippen molar-refractivity contribution in [1.29, 1.82) is 0 Å². The predicted octanol–water partition coefficient (Wildman–Crippen LogP) is 3.36. The summed E-state index contributed by atoms with van der Waals surface area (Å²) in [4.78, 5) is 4.12. The number of rotatable bonds is 4. The molecule has 1 atom stereocenters. The molecule has 0 fully saturated rings. The summed E-state index contributed by atoms with van der Waals surface area (Å²) >= 11 is 0. The van der Waals surface area contributed by atoms with Crippen molar-refractivity contribution >= 4 is 0 Å². The highest BCUT2D eigenvalue weighted by Crippen LogP contribution is 2.30. The van der Waals surface area contributed by atoms with Crippen LogP contribution in [0.2, 0.25) is 0 Å². The minimum atomic E-state index is 0.383. The summed E-state index contributed by atoms with van der Waals surface area (Å²) in [5.74, 6) is 0.383. The van der Waals surface area contributed by atoms with E-state index >= 15 is 0 Å². The third kappa shape index (κ3) is 3.02. The molecule has 0 aliphatic rings. The van der Waals surface area contributed by atoms with Crippen LogP contribution in [0.15, 0.2) is 36.7 Å². The van der Waals surface area contributed by atoms with Crippen molar-refractivity contribution in [3.63, 3.8) is 0 Å². The third-order valence-corrected chi connectivity index (χ3v) is 3.60. The Hall–Kier alpha value is -1.67. The molecule has 0 radical (unpaired) electrons. The monoisotopic (exact) mass is 254 g/mol. The van der Waals surface area contributed by atoms with Gasteiger partial charge < -0.3 is 5.32 Å². The second kappa shape index (κ2) is 5.98. The van der Waals surface area contributed by atoms with Gasteiger partial charge in [-0.15, -0.1) is 0 Å². The molecule has 0 amide bonds. The lowest BCUT2D eigenvalue weighted by Crippen LogP contribution is -2.20. The molecule has 2 nitrogen and oxygen atoms in total. The summed E-state index contributed by atoms with van der Waals surface area (Å²) in [6.07, 6.45) is 3.74. The SMILES string of the molecule is CNCC(c1ccncc1)c1c(C)cc(C)cc1C. The van der Waals surface area contributed by atoms with Gasteiger partial charge in [0.2, 0.25) is 0 Å². The van der Waals surface area contributed by atoms with Crippen molar-refractivity contribution in [2.24, 2.45) is 0 Å². The molecule has 0 aliphatic heterocycles. The van der Waals surface area contributed by atoms with Crippen molar-refractivity contribution in [2.45, 2.75) is 26.7 Å². The second-order valence-electron chi connectivity index (χ2n) is 5.20. The number of hydrogen-bond acceptors (Lipinski definition) is 2. The van der Waals surface area contributed by atoms with Crippen molar-refractivity contribution in [3.8, 4) is 0 Å². The lowest BCUT2D eigenvalue weighted by molar-refractivity contribution is 0.700. The Balaban J connectivity index is 2.51. The Morgan fingerprint density at radius 2 is 1.63 bits per heavy atom. The van der Waals surface area contributed by atoms with E-state index in [0.717, 1.165) is 6.54 Å². The quantitative estimate of drug-likeness (QED) is 0.905. The van der Waals surface area contributed by atoms with Gasteiger partial charge in [-0.2, -0.15) is 0 Å². The van der Waals surface area contributed by atoms with E-state index in [2.05, 4.69) is 55.3 Å². The van der Waals surface area contributed by atoms with E-state index in [1.165, 1.54) is 27.8 Å². The fourth-order valence-corrected chi connectivity index (χ4v) is 2.93. The number of likely N-dealkylation sites (N-methyl/N-ethyl adjacent to an activating group) is 1. The number of hydrogen-bond donors (Lipinski definition) is 1. The highest BCUT2D eigenvalue weighted by atomic mass is 14.8. The summed E-state index contributed by atoms with van der Waals surface area (Å²) < 4.78 is 0. The van der Waals surface area contributed by atoms with Crippen LogP contribution in [0.5, 0.6) is 0 Å². The Labute approximate surface area is 115 Å². The zero-order chi connectivity index (χ0) is 13.8. The van der Waals surface area contributed by atoms with Gasteiger partial charge in [-0.05, 0) is 62.2 Å². The van der Waals surface area contributed by atoms with Crippen molar-refractivity contribution in [3.05, 3.63) is 64.5 Å². The van der Waals surface area contributed by atoms with Crippen molar-refractivity contribution in [1.82, 2.24) is 10.3 Å². The summed E-state index contributed by atoms with van der Waals surface area (Å²) in [5.41, 5.74) is 6.83. The smallest absolute Gasteiger partial charge is 0.0270 e. The van der Waals surface area contributed by atoms with Crippen molar-refractivity contribution < 1.29 is 0 Å². The average molecular weight is 254 g/mol. The van der Waals surface area contributed by atoms with Crippen LogP contribution in [-0.2, 0) is 0 Å². The number of nitrogens with zero attached hydrogens (tertiary/aromatic N) is 1. The van der Waals surface area contributed by atoms with Gasteiger partial charge in [0, 0.05) is 24.9 Å². The van der Waals surface area contributed by atoms with Gasteiger partial charge in [-0.25, -0.2) is 0 Å². The normalized spacial score (nSPS) is 12.4. The Morgan fingerprint density at radius 3 is 2.16 bits per heavy atom. The first-order valence-corrected chi connectivity index (χ1v) is 6.75. The first-order valence-electron chi connectivity index (χ1n) is 6.75. The molecule has 1 N–H and O–H groups in total. The fourth-order valence-electron chi connectivity index (χ4n) is 2.93. The molecular formula is C17H22N2. The zero-order valence-corrected chi connectivity index (χ0v) is 12.2. The molecule has 100 valence electrons. The highest BCUT2D eigenvalue weighted by Gasteiger charge is 2.17. The first kappa shape index (κ1) is 13.8. The molecule has 1 aromatic carbocycles. The van der Waals surface area contributed by atoms with Crippen LogP contribution in [0.3, 0.4) is 0 Å². The molecule has 0 spiro atoms. The lowest BCUT2D eigenvalue weighted by atomic mass is 9.85. The van der Waals surface area contributed by atoms with Crippen LogP contribution in [0.1, 0.15) is 33.7 Å². The topological polar surface area (TPSA) is 24.9 Å². The molecule has 2 aromatic rings. The van der Waals surface area contributed by atoms with Gasteiger partial charge in [-0.1, -0.05) is 17.7 Å². The summed E-state index contributed by atoms with van der Waals surface area (Å²) in [5, 5.41) is 3.31. The standard InChI is InChI=1S/C17H22N2/c1-12-9-13(2)17(14(3)10-12)16(11-18-4)15-5-7-19-8-6-15/h5-10,16,18H,11H2,1-4H3. The Bertz CT molecular complexity index is 523. The maximum atomic E-state index is 4.12. The molecule has 1 aromatic heterocycles. The van der Waals surface area contributed by atoms with Crippen LogP contribution >= 0.6 is 0 Å². The zero-order valence-electron chi connectivity index (χ0n) is 12.2. The maximum absolute atomic E-state index is 4.12. The molecule has 2 rings (SSSR count). The van der Waals surface area contributed by atoms with E-state index in [9.17, 15) is 0 Å². The molecule has 19 heavy (non-hydrogen) atoms. The van der Waals surface area contributed by atoms with Gasteiger partial charge >= 0.3 is 0 Å². The predicted molar refractivity (Wildman–Crippen MR) is 80.7 cm³/mol. The lowest BCUT2D eigenvalue weighted by Gasteiger charge is -2.22. The van der Waals surface area contributed by atoms with E-state index in [-0.39, 0.29) is 0 Å². The minimum absolute atomic E-state index is 0.383. The van der Waals surface area contributed by atoms with Crippen molar-refractivity contribution in [2.75, 3.05) is 13.6 Å². The number of pyridine rings is 1. The number of aryl methyl sites for hydroxylation is 3. The number of nitrogens with one attached hydrogen (secondary N) is 1. The minimum Gasteiger partial charge on any atom is -0.319 e. The summed E-state index contributed by atoms with van der Waals surface area (Å²) in [6, 6.07) is 8.76. The maximum Gasteiger partial charge on any atom is 0.0270 e. The van der Waals surface area contributed by atoms with Crippen LogP contribution in [0.4, 0.5) is 0 Å². The molecule has 0 bridgehead atoms. The van der Waals surface area contributed by atoms with E-state index in [1.54, 1.807) is 0 Å². The van der Waals surface area contributed by atoms with E-state index in [4.69, 9.17) is 0 Å². The van der Waals surface area contributed by atoms with E-state index < -0.39 is 0 Å². The fraction of sp³-hybridized carbons (Fsp3) is 0.353. The molecule has 0 saturated carbocycles. The first-order chi connectivity index (χ1) is 9.13. The summed E-state index contributed by atoms with van der Waals surface area (Å²) in [6.45, 7) is 7.51. The van der Waals surface area contributed by atoms with Crippen LogP contribution in [0.25, 0.3) is 0 Å². The molecule has 1 heterocycles. The number of benzene rings is 1. The molecule has 0 aliphatic carbocycles. The van der Waals surface area contributed by atoms with Gasteiger partial charge in [0.1, 0.15) is 0 Å². The van der Waals surface area contributed by atoms with E-state index in [1.807, 2.05) is 19.4 Å². The van der Waals surface area contributed by atoms with Gasteiger partial charge in [0.05, 0.1) is 0 Å². The highest BCUT2D eigenvalue weighted by molar-refractivity contribution is 5.44. The van der Waals surface area contributed by atoms with Crippen LogP contribution in [-0.4, -0.2) is 18.6 Å². The Kier molecular flexibility index (Phi) is 4.33. The van der Waals surface area contributed by atoms with Gasteiger partial charge in [0.25, 0.3) is 0 Å². The van der Waals surface area contributed by atoms with E-state index in [0.29, 0.717) is 5.92 Å². The largest absolute Gasteiger partial charge is 0.319 e. The summed E-state index contributed by atoms with van der Waals surface area (Å²) in [7, 11) is 2.01. The van der Waals surface area contributed by atoms with Gasteiger partial charge in [-0.3, -0.25) is 4.98 Å². The molecule has 0 saturated heterocycles. The second-order valence-corrected chi connectivity index (χ2v) is 5.20. The average Bonchev–Trinajstić information content (AvgIpc) is 2.37.